The molecule has 23 heavy (non-hydrogen) atoms. The van der Waals surface area contributed by atoms with Gasteiger partial charge in [-0.3, -0.25) is 4.79 Å². The number of thiophene rings is 1. The number of nitrogens with zero attached hydrogens (tertiary/aromatic N) is 1. The molecule has 0 aliphatic rings. The summed E-state index contributed by atoms with van der Waals surface area (Å²) >= 11 is 1.07. The molecule has 0 spiro atoms. The molecule has 1 aromatic rings. The van der Waals surface area contributed by atoms with Gasteiger partial charge in [0.05, 0.1) is 12.8 Å². The summed E-state index contributed by atoms with van der Waals surface area (Å²) in [6.45, 7) is 0. The highest BCUT2D eigenvalue weighted by molar-refractivity contribution is 7.12. The normalized spacial score (nSPS) is 12.3. The van der Waals surface area contributed by atoms with E-state index in [2.05, 4.69) is 10.1 Å². The van der Waals surface area contributed by atoms with Crippen LogP contribution >= 0.6 is 11.3 Å². The maximum Gasteiger partial charge on any atom is 0.454 e. The van der Waals surface area contributed by atoms with E-state index >= 15 is 0 Å². The first-order valence-corrected chi connectivity index (χ1v) is 7.13. The minimum Gasteiger partial charge on any atom is -0.465 e. The van der Waals surface area contributed by atoms with Crippen LogP contribution in [-0.2, 0) is 9.53 Å². The fourth-order valence-corrected chi connectivity index (χ4v) is 2.16. The first kappa shape index (κ1) is 18.8. The van der Waals surface area contributed by atoms with Gasteiger partial charge in [-0.1, -0.05) is 0 Å². The first-order chi connectivity index (χ1) is 10.6. The number of allylic oxidation sites excluding steroid dienone is 2. The molecule has 0 atom stereocenters. The lowest BCUT2D eigenvalue weighted by Crippen LogP contribution is -2.21. The Labute approximate surface area is 135 Å². The van der Waals surface area contributed by atoms with Crippen LogP contribution in [0.4, 0.5) is 18.9 Å². The molecule has 1 aromatic heterocycles. The van der Waals surface area contributed by atoms with Crippen LogP contribution in [0.15, 0.2) is 35.5 Å². The number of halogens is 3. The van der Waals surface area contributed by atoms with Crippen molar-refractivity contribution in [1.82, 2.24) is 4.90 Å². The minimum absolute atomic E-state index is 0.107. The molecule has 0 saturated heterocycles. The molecule has 1 rings (SSSR count). The molecular weight excluding hydrogens is 333 g/mol. The highest BCUT2D eigenvalue weighted by Gasteiger charge is 2.36. The fraction of sp³-hybridized carbons (Fsp3) is 0.286. The van der Waals surface area contributed by atoms with Gasteiger partial charge in [-0.05, 0) is 17.5 Å². The van der Waals surface area contributed by atoms with E-state index in [1.807, 2.05) is 0 Å². The Morgan fingerprint density at radius 2 is 2.00 bits per heavy atom. The SMILES string of the molecule is COC(=O)c1sccc1NC(C=CN(C)C)=CC(=O)C(F)(F)F. The van der Waals surface area contributed by atoms with Gasteiger partial charge in [-0.15, -0.1) is 11.3 Å². The van der Waals surface area contributed by atoms with Crippen LogP contribution in [0, 0.1) is 0 Å². The molecule has 5 nitrogen and oxygen atoms in total. The number of esters is 1. The maximum atomic E-state index is 12.4. The summed E-state index contributed by atoms with van der Waals surface area (Å²) < 4.78 is 41.9. The third kappa shape index (κ3) is 5.78. The number of carbonyl (C=O) groups is 2. The number of nitrogens with one attached hydrogen (secondary N) is 1. The maximum absolute atomic E-state index is 12.4. The predicted octanol–water partition coefficient (Wildman–Crippen LogP) is 3.04. The van der Waals surface area contributed by atoms with E-state index in [1.54, 1.807) is 24.4 Å². The van der Waals surface area contributed by atoms with E-state index in [9.17, 15) is 22.8 Å². The quantitative estimate of drug-likeness (QED) is 0.486. The second kappa shape index (κ2) is 7.82. The molecule has 0 saturated carbocycles. The van der Waals surface area contributed by atoms with E-state index in [4.69, 9.17) is 0 Å². The van der Waals surface area contributed by atoms with Gasteiger partial charge in [0.1, 0.15) is 4.88 Å². The van der Waals surface area contributed by atoms with Crippen LogP contribution in [0.25, 0.3) is 0 Å². The van der Waals surface area contributed by atoms with Crippen LogP contribution < -0.4 is 5.32 Å². The number of ketones is 1. The summed E-state index contributed by atoms with van der Waals surface area (Å²) in [4.78, 5) is 24.5. The van der Waals surface area contributed by atoms with Gasteiger partial charge in [0.15, 0.2) is 0 Å². The van der Waals surface area contributed by atoms with Gasteiger partial charge in [-0.25, -0.2) is 4.79 Å². The van der Waals surface area contributed by atoms with Crippen molar-refractivity contribution < 1.29 is 27.5 Å². The van der Waals surface area contributed by atoms with Crippen LogP contribution in [0.5, 0.6) is 0 Å². The third-order valence-electron chi connectivity index (χ3n) is 2.43. The Bertz CT molecular complexity index is 633. The fourth-order valence-electron chi connectivity index (χ4n) is 1.39. The molecule has 0 aromatic carbocycles. The molecule has 0 unspecified atom stereocenters. The molecule has 1 heterocycles. The summed E-state index contributed by atoms with van der Waals surface area (Å²) in [5.41, 5.74) is 0.149. The average Bonchev–Trinajstić information content (AvgIpc) is 2.90. The zero-order chi connectivity index (χ0) is 17.6. The lowest BCUT2D eigenvalue weighted by atomic mass is 10.2. The molecule has 0 amide bonds. The third-order valence-corrected chi connectivity index (χ3v) is 3.33. The largest absolute Gasteiger partial charge is 0.465 e. The molecule has 9 heteroatoms. The summed E-state index contributed by atoms with van der Waals surface area (Å²) in [6, 6.07) is 1.51. The highest BCUT2D eigenvalue weighted by Crippen LogP contribution is 2.25. The lowest BCUT2D eigenvalue weighted by molar-refractivity contribution is -0.165. The van der Waals surface area contributed by atoms with Gasteiger partial charge >= 0.3 is 12.1 Å². The Kier molecular flexibility index (Phi) is 6.38. The highest BCUT2D eigenvalue weighted by atomic mass is 32.1. The van der Waals surface area contributed by atoms with Crippen molar-refractivity contribution in [3.8, 4) is 0 Å². The van der Waals surface area contributed by atoms with E-state index in [0.717, 1.165) is 11.3 Å². The summed E-state index contributed by atoms with van der Waals surface area (Å²) in [7, 11) is 4.54. The molecule has 0 radical (unpaired) electrons. The molecule has 0 aliphatic heterocycles. The van der Waals surface area contributed by atoms with E-state index in [0.29, 0.717) is 6.08 Å². The topological polar surface area (TPSA) is 58.6 Å². The summed E-state index contributed by atoms with van der Waals surface area (Å²) in [5, 5.41) is 4.21. The Balaban J connectivity index is 3.12. The average molecular weight is 348 g/mol. The standard InChI is InChI=1S/C14H15F3N2O3S/c1-19(2)6-4-9(8-11(20)14(15,16)17)18-10-5-7-23-12(10)13(21)22-3/h4-8,18H,1-3H3. The van der Waals surface area contributed by atoms with Gasteiger partial charge < -0.3 is 15.0 Å². The van der Waals surface area contributed by atoms with Gasteiger partial charge in [-0.2, -0.15) is 13.2 Å². The number of methoxy groups -OCH3 is 1. The molecule has 0 fully saturated rings. The van der Waals surface area contributed by atoms with Crippen molar-refractivity contribution in [1.29, 1.82) is 0 Å². The Hall–Kier alpha value is -2.29. The van der Waals surface area contributed by atoms with E-state index in [1.165, 1.54) is 25.5 Å². The van der Waals surface area contributed by atoms with Crippen LogP contribution in [0.2, 0.25) is 0 Å². The molecule has 1 N–H and O–H groups in total. The van der Waals surface area contributed by atoms with Crippen molar-refractivity contribution >= 4 is 28.8 Å². The minimum atomic E-state index is -4.97. The molecule has 126 valence electrons. The Morgan fingerprint density at radius 1 is 1.35 bits per heavy atom. The van der Waals surface area contributed by atoms with Crippen LogP contribution in [0.3, 0.4) is 0 Å². The number of carbonyl (C=O) groups excluding carboxylic acids is 2. The number of hydrogen-bond donors (Lipinski definition) is 1. The molecule has 0 aliphatic carbocycles. The monoisotopic (exact) mass is 348 g/mol. The Morgan fingerprint density at radius 3 is 2.52 bits per heavy atom. The lowest BCUT2D eigenvalue weighted by Gasteiger charge is -2.10. The van der Waals surface area contributed by atoms with E-state index < -0.39 is 17.9 Å². The number of anilines is 1. The van der Waals surface area contributed by atoms with Crippen molar-refractivity contribution in [3.05, 3.63) is 40.4 Å². The van der Waals surface area contributed by atoms with Gasteiger partial charge in [0.25, 0.3) is 5.78 Å². The molecule has 0 bridgehead atoms. The summed E-state index contributed by atoms with van der Waals surface area (Å²) in [5.74, 6) is -2.63. The second-order valence-electron chi connectivity index (χ2n) is 4.52. The zero-order valence-electron chi connectivity index (χ0n) is 12.6. The van der Waals surface area contributed by atoms with Crippen molar-refractivity contribution in [3.63, 3.8) is 0 Å². The van der Waals surface area contributed by atoms with Crippen molar-refractivity contribution in [2.45, 2.75) is 6.18 Å². The summed E-state index contributed by atoms with van der Waals surface area (Å²) in [6.07, 6.45) is -1.79. The predicted molar refractivity (Wildman–Crippen MR) is 81.3 cm³/mol. The second-order valence-corrected chi connectivity index (χ2v) is 5.44. The number of ether oxygens (including phenoxy) is 1. The van der Waals surface area contributed by atoms with E-state index in [-0.39, 0.29) is 16.3 Å². The first-order valence-electron chi connectivity index (χ1n) is 6.25. The van der Waals surface area contributed by atoms with Gasteiger partial charge in [0, 0.05) is 32.1 Å². The molecular formula is C14H15F3N2O3S. The smallest absolute Gasteiger partial charge is 0.454 e. The number of hydrogen-bond acceptors (Lipinski definition) is 6. The van der Waals surface area contributed by atoms with Crippen molar-refractivity contribution in [2.75, 3.05) is 26.5 Å². The van der Waals surface area contributed by atoms with Crippen LogP contribution in [-0.4, -0.2) is 44.0 Å². The zero-order valence-corrected chi connectivity index (χ0v) is 13.4. The number of rotatable bonds is 6. The number of alkyl halides is 3. The van der Waals surface area contributed by atoms with Gasteiger partial charge in [0.2, 0.25) is 0 Å². The van der Waals surface area contributed by atoms with Crippen LogP contribution in [0.1, 0.15) is 9.67 Å². The van der Waals surface area contributed by atoms with Crippen molar-refractivity contribution in [2.24, 2.45) is 0 Å².